The minimum absolute atomic E-state index is 0.331. The number of rotatable bonds is 2. The quantitative estimate of drug-likeness (QED) is 0.581. The van der Waals surface area contributed by atoms with Gasteiger partial charge in [0.1, 0.15) is 7.05 Å². The van der Waals surface area contributed by atoms with Crippen molar-refractivity contribution in [1.82, 2.24) is 0 Å². The van der Waals surface area contributed by atoms with Crippen LogP contribution in [0.2, 0.25) is 0 Å². The molecule has 0 unspecified atom stereocenters. The predicted molar refractivity (Wildman–Crippen MR) is 90.4 cm³/mol. The van der Waals surface area contributed by atoms with Gasteiger partial charge in [0.05, 0.1) is 24.0 Å². The highest BCUT2D eigenvalue weighted by molar-refractivity contribution is 6.12. The Morgan fingerprint density at radius 1 is 1.08 bits per heavy atom. The Morgan fingerprint density at radius 2 is 1.79 bits per heavy atom. The first kappa shape index (κ1) is 15.1. The van der Waals surface area contributed by atoms with Crippen molar-refractivity contribution < 1.29 is 18.8 Å². The zero-order chi connectivity index (χ0) is 16.7. The minimum Gasteiger partial charge on any atom is -0.360 e. The Hall–Kier alpha value is -2.50. The van der Waals surface area contributed by atoms with Gasteiger partial charge in [0.15, 0.2) is 6.29 Å². The lowest BCUT2D eigenvalue weighted by atomic mass is 10.0. The van der Waals surface area contributed by atoms with Crippen molar-refractivity contribution >= 4 is 27.6 Å². The highest BCUT2D eigenvalue weighted by Crippen LogP contribution is 2.30. The van der Waals surface area contributed by atoms with Crippen molar-refractivity contribution in [1.29, 1.82) is 0 Å². The number of carbonyl (C=O) groups excluding carboxylic acids is 1. The van der Waals surface area contributed by atoms with Crippen molar-refractivity contribution in [3.8, 4) is 0 Å². The van der Waals surface area contributed by atoms with Crippen molar-refractivity contribution in [3.63, 3.8) is 0 Å². The lowest BCUT2D eigenvalue weighted by Crippen LogP contribution is -2.39. The molecule has 2 N–H and O–H groups in total. The largest absolute Gasteiger partial charge is 0.360 e. The Bertz CT molecular complexity index is 946. The first-order chi connectivity index (χ1) is 11.7. The van der Waals surface area contributed by atoms with Crippen molar-refractivity contribution in [3.05, 3.63) is 53.7 Å². The number of aromatic nitrogens is 1. The van der Waals surface area contributed by atoms with E-state index in [1.807, 2.05) is 48.0 Å². The number of hydrogen-bond acceptors (Lipinski definition) is 3. The van der Waals surface area contributed by atoms with E-state index in [1.54, 1.807) is 0 Å². The Balaban J connectivity index is 2.01. The van der Waals surface area contributed by atoms with Crippen molar-refractivity contribution in [2.45, 2.75) is 12.7 Å². The molecule has 5 nitrogen and oxygen atoms in total. The van der Waals surface area contributed by atoms with Crippen LogP contribution in [-0.2, 0) is 16.5 Å². The summed E-state index contributed by atoms with van der Waals surface area (Å²) in [6.07, 6.45) is 0.590. The van der Waals surface area contributed by atoms with Crippen molar-refractivity contribution in [2.75, 3.05) is 13.2 Å². The molecule has 0 spiro atoms. The van der Waals surface area contributed by atoms with Crippen molar-refractivity contribution in [2.24, 2.45) is 12.8 Å². The van der Waals surface area contributed by atoms with Gasteiger partial charge in [0.2, 0.25) is 5.52 Å². The molecular formula is C19H19N2O3+. The zero-order valence-corrected chi connectivity index (χ0v) is 13.5. The SMILES string of the molecule is C[n+]1c(C(N)=O)c2ccccc2c2cc(C3OCCCO3)ccc21. The minimum atomic E-state index is -0.432. The van der Waals surface area contributed by atoms with E-state index in [0.29, 0.717) is 18.9 Å². The fourth-order valence-corrected chi connectivity index (χ4v) is 3.41. The van der Waals surface area contributed by atoms with E-state index in [1.165, 1.54) is 0 Å². The molecule has 1 aliphatic heterocycles. The van der Waals surface area contributed by atoms with Crippen LogP contribution in [-0.4, -0.2) is 19.1 Å². The highest BCUT2D eigenvalue weighted by atomic mass is 16.7. The second kappa shape index (κ2) is 5.85. The fourth-order valence-electron chi connectivity index (χ4n) is 3.41. The van der Waals surface area contributed by atoms with Gasteiger partial charge in [0.25, 0.3) is 5.69 Å². The Morgan fingerprint density at radius 3 is 2.50 bits per heavy atom. The fraction of sp³-hybridized carbons (Fsp3) is 0.263. The third-order valence-electron chi connectivity index (χ3n) is 4.52. The molecular weight excluding hydrogens is 304 g/mol. The normalized spacial score (nSPS) is 15.9. The van der Waals surface area contributed by atoms with Crippen LogP contribution >= 0.6 is 0 Å². The average molecular weight is 323 g/mol. The highest BCUT2D eigenvalue weighted by Gasteiger charge is 2.24. The summed E-state index contributed by atoms with van der Waals surface area (Å²) in [7, 11) is 1.86. The second-order valence-corrected chi connectivity index (χ2v) is 6.02. The van der Waals surface area contributed by atoms with Gasteiger partial charge < -0.3 is 15.2 Å². The van der Waals surface area contributed by atoms with Gasteiger partial charge in [-0.2, -0.15) is 4.57 Å². The molecule has 122 valence electrons. The molecule has 5 heteroatoms. The summed E-state index contributed by atoms with van der Waals surface area (Å²) in [4.78, 5) is 12.0. The molecule has 1 amide bonds. The molecule has 1 aliphatic rings. The smallest absolute Gasteiger partial charge is 0.314 e. The third kappa shape index (κ3) is 2.33. The van der Waals surface area contributed by atoms with E-state index in [4.69, 9.17) is 15.2 Å². The number of nitrogens with zero attached hydrogens (tertiary/aromatic N) is 1. The molecule has 24 heavy (non-hydrogen) atoms. The van der Waals surface area contributed by atoms with Gasteiger partial charge >= 0.3 is 5.91 Å². The van der Waals surface area contributed by atoms with Gasteiger partial charge in [-0.1, -0.05) is 18.2 Å². The van der Waals surface area contributed by atoms with E-state index in [2.05, 4.69) is 6.07 Å². The first-order valence-electron chi connectivity index (χ1n) is 8.04. The molecule has 2 heterocycles. The molecule has 0 radical (unpaired) electrons. The number of fused-ring (bicyclic) bond motifs is 3. The van der Waals surface area contributed by atoms with Crippen LogP contribution in [0.4, 0.5) is 0 Å². The molecule has 4 rings (SSSR count). The lowest BCUT2D eigenvalue weighted by Gasteiger charge is -2.23. The number of nitrogens with two attached hydrogens (primary N) is 1. The van der Waals surface area contributed by atoms with Crippen LogP contribution < -0.4 is 10.3 Å². The second-order valence-electron chi connectivity index (χ2n) is 6.02. The first-order valence-corrected chi connectivity index (χ1v) is 8.04. The van der Waals surface area contributed by atoms with Gasteiger partial charge in [0, 0.05) is 17.0 Å². The van der Waals surface area contributed by atoms with Gasteiger partial charge in [-0.3, -0.25) is 4.79 Å². The van der Waals surface area contributed by atoms with E-state index in [9.17, 15) is 4.79 Å². The summed E-state index contributed by atoms with van der Waals surface area (Å²) in [6.45, 7) is 1.41. The van der Waals surface area contributed by atoms with Crippen LogP contribution in [0.1, 0.15) is 28.8 Å². The van der Waals surface area contributed by atoms with E-state index < -0.39 is 5.91 Å². The Labute approximate surface area is 139 Å². The summed E-state index contributed by atoms with van der Waals surface area (Å²) in [5, 5.41) is 2.90. The molecule has 1 fully saturated rings. The number of benzene rings is 2. The average Bonchev–Trinajstić information content (AvgIpc) is 2.62. The lowest BCUT2D eigenvalue weighted by molar-refractivity contribution is -0.645. The Kier molecular flexibility index (Phi) is 3.67. The monoisotopic (exact) mass is 323 g/mol. The number of hydrogen-bond donors (Lipinski definition) is 1. The van der Waals surface area contributed by atoms with E-state index in [-0.39, 0.29) is 6.29 Å². The van der Waals surface area contributed by atoms with Crippen LogP contribution in [0.15, 0.2) is 42.5 Å². The summed E-state index contributed by atoms with van der Waals surface area (Å²) < 4.78 is 13.3. The summed E-state index contributed by atoms with van der Waals surface area (Å²) >= 11 is 0. The van der Waals surface area contributed by atoms with E-state index in [0.717, 1.165) is 33.7 Å². The molecule has 0 saturated carbocycles. The van der Waals surface area contributed by atoms with Crippen LogP contribution in [0.3, 0.4) is 0 Å². The van der Waals surface area contributed by atoms with Crippen LogP contribution in [0, 0.1) is 0 Å². The maximum Gasteiger partial charge on any atom is 0.314 e. The van der Waals surface area contributed by atoms with Gasteiger partial charge in [-0.25, -0.2) is 0 Å². The third-order valence-corrected chi connectivity index (χ3v) is 4.52. The number of pyridine rings is 1. The number of carbonyl (C=O) groups is 1. The van der Waals surface area contributed by atoms with Gasteiger partial charge in [-0.05, 0) is 24.6 Å². The topological polar surface area (TPSA) is 65.4 Å². The summed E-state index contributed by atoms with van der Waals surface area (Å²) in [5.41, 5.74) is 8.06. The van der Waals surface area contributed by atoms with E-state index >= 15 is 0 Å². The van der Waals surface area contributed by atoms with Crippen LogP contribution in [0.25, 0.3) is 21.7 Å². The number of amides is 1. The summed E-state index contributed by atoms with van der Waals surface area (Å²) in [5.74, 6) is -0.432. The number of aryl methyl sites for hydroxylation is 1. The number of ether oxygens (including phenoxy) is 2. The maximum absolute atomic E-state index is 12.0. The maximum atomic E-state index is 12.0. The predicted octanol–water partition coefficient (Wildman–Crippen LogP) is 2.35. The standard InChI is InChI=1S/C19H18N2O3/c1-21-16-8-7-12(19-23-9-4-10-24-19)11-15(16)13-5-2-3-6-14(13)17(21)18(20)22/h2-3,5-8,11,19H,4,9-10H2,1H3,(H-,20,22)/p+1. The zero-order valence-electron chi connectivity index (χ0n) is 13.5. The molecule has 2 aromatic carbocycles. The molecule has 0 bridgehead atoms. The molecule has 0 atom stereocenters. The van der Waals surface area contributed by atoms with Crippen LogP contribution in [0.5, 0.6) is 0 Å². The van der Waals surface area contributed by atoms with Gasteiger partial charge in [-0.15, -0.1) is 0 Å². The molecule has 1 saturated heterocycles. The molecule has 1 aromatic heterocycles. The molecule has 3 aromatic rings. The number of primary amides is 1. The molecule has 0 aliphatic carbocycles. The summed E-state index contributed by atoms with van der Waals surface area (Å²) in [6, 6.07) is 13.9.